The highest BCUT2D eigenvalue weighted by Gasteiger charge is 2.17. The van der Waals surface area contributed by atoms with Crippen molar-refractivity contribution in [3.05, 3.63) is 206 Å². The summed E-state index contributed by atoms with van der Waals surface area (Å²) in [6, 6.07) is 73.6. The second-order valence-electron chi connectivity index (χ2n) is 13.8. The van der Waals surface area contributed by atoms with Crippen molar-refractivity contribution in [2.75, 3.05) is 0 Å². The fourth-order valence-corrected chi connectivity index (χ4v) is 8.59. The Bertz CT molecular complexity index is 2890. The predicted octanol–water partition coefficient (Wildman–Crippen LogP) is 14.5. The van der Waals surface area contributed by atoms with Gasteiger partial charge in [0.05, 0.1) is 5.69 Å². The van der Waals surface area contributed by atoms with Gasteiger partial charge >= 0.3 is 0 Å². The number of hydrogen-bond donors (Lipinski definition) is 0. The molecule has 10 rings (SSSR count). The summed E-state index contributed by atoms with van der Waals surface area (Å²) in [5.74, 6) is 0.738. The Labute approximate surface area is 324 Å². The van der Waals surface area contributed by atoms with E-state index in [1.807, 2.05) is 6.07 Å². The lowest BCUT2D eigenvalue weighted by atomic mass is 9.92. The van der Waals surface area contributed by atoms with Crippen molar-refractivity contribution in [1.29, 1.82) is 0 Å². The third-order valence-corrected chi connectivity index (χ3v) is 11.4. The monoisotopic (exact) mass is 718 g/mol. The van der Waals surface area contributed by atoms with Gasteiger partial charge in [0.1, 0.15) is 4.83 Å². The molecule has 0 aliphatic rings. The minimum atomic E-state index is 0.738. The summed E-state index contributed by atoms with van der Waals surface area (Å²) in [7, 11) is 0. The number of fused-ring (bicyclic) bond motifs is 3. The average Bonchev–Trinajstić information content (AvgIpc) is 3.66. The highest BCUT2D eigenvalue weighted by molar-refractivity contribution is 7.25. The molecular weight excluding hydrogens is 685 g/mol. The van der Waals surface area contributed by atoms with Crippen molar-refractivity contribution in [2.24, 2.45) is 0 Å². The van der Waals surface area contributed by atoms with Crippen molar-refractivity contribution in [1.82, 2.24) is 9.97 Å². The van der Waals surface area contributed by atoms with Crippen LogP contribution < -0.4 is 0 Å². The Morgan fingerprint density at radius 3 is 1.27 bits per heavy atom. The normalized spacial score (nSPS) is 11.3. The number of benzene rings is 8. The smallest absolute Gasteiger partial charge is 0.161 e. The number of thiophene rings is 1. The Morgan fingerprint density at radius 2 is 0.691 bits per heavy atom. The first kappa shape index (κ1) is 32.7. The number of aromatic nitrogens is 2. The molecule has 0 atom stereocenters. The van der Waals surface area contributed by atoms with Crippen molar-refractivity contribution >= 4 is 31.6 Å². The SMILES string of the molecule is c1ccc(-c2cc(-c3ccccc3)cc(-c3cccc(-c4cccc(-c5ccc(-c6nc(-c7ccccc7)c7c(n6)sc6ccccc67)cc5)c4)c3)c2)cc1. The molecule has 0 bridgehead atoms. The van der Waals surface area contributed by atoms with Crippen LogP contribution in [0.1, 0.15) is 0 Å². The maximum Gasteiger partial charge on any atom is 0.161 e. The summed E-state index contributed by atoms with van der Waals surface area (Å²) in [6.07, 6.45) is 0. The first-order chi connectivity index (χ1) is 27.2. The summed E-state index contributed by atoms with van der Waals surface area (Å²) < 4.78 is 1.22. The Hall–Kier alpha value is -6.94. The van der Waals surface area contributed by atoms with Gasteiger partial charge in [0.2, 0.25) is 0 Å². The van der Waals surface area contributed by atoms with Gasteiger partial charge in [-0.15, -0.1) is 11.3 Å². The molecule has 0 amide bonds. The fraction of sp³-hybridized carbons (Fsp3) is 0. The van der Waals surface area contributed by atoms with Crippen LogP contribution in [0.25, 0.3) is 98.6 Å². The molecule has 0 aliphatic heterocycles. The second kappa shape index (κ2) is 14.1. The highest BCUT2D eigenvalue weighted by atomic mass is 32.1. The maximum absolute atomic E-state index is 5.19. The molecule has 0 aliphatic carbocycles. The molecule has 0 spiro atoms. The Kier molecular flexibility index (Phi) is 8.40. The molecule has 0 fully saturated rings. The minimum absolute atomic E-state index is 0.738. The fourth-order valence-electron chi connectivity index (χ4n) is 7.51. The summed E-state index contributed by atoms with van der Waals surface area (Å²) in [6.45, 7) is 0. The van der Waals surface area contributed by atoms with E-state index in [1.54, 1.807) is 11.3 Å². The van der Waals surface area contributed by atoms with Crippen LogP contribution in [-0.2, 0) is 0 Å². The molecule has 8 aromatic carbocycles. The van der Waals surface area contributed by atoms with Crippen LogP contribution in [0.2, 0.25) is 0 Å². The van der Waals surface area contributed by atoms with E-state index in [1.165, 1.54) is 54.6 Å². The van der Waals surface area contributed by atoms with E-state index < -0.39 is 0 Å². The van der Waals surface area contributed by atoms with Crippen LogP contribution in [-0.4, -0.2) is 9.97 Å². The molecule has 0 unspecified atom stereocenters. The predicted molar refractivity (Wildman–Crippen MR) is 233 cm³/mol. The van der Waals surface area contributed by atoms with Crippen LogP contribution in [0.15, 0.2) is 206 Å². The Balaban J connectivity index is 0.989. The van der Waals surface area contributed by atoms with Gasteiger partial charge in [0.25, 0.3) is 0 Å². The van der Waals surface area contributed by atoms with Gasteiger partial charge in [0.15, 0.2) is 5.82 Å². The van der Waals surface area contributed by atoms with Gasteiger partial charge in [-0.25, -0.2) is 9.97 Å². The third-order valence-electron chi connectivity index (χ3n) is 10.3. The quantitative estimate of drug-likeness (QED) is 0.164. The van der Waals surface area contributed by atoms with E-state index in [2.05, 4.69) is 200 Å². The average molecular weight is 719 g/mol. The zero-order chi connectivity index (χ0) is 36.6. The molecule has 2 nitrogen and oxygen atoms in total. The van der Waals surface area contributed by atoms with E-state index in [9.17, 15) is 0 Å². The van der Waals surface area contributed by atoms with Gasteiger partial charge in [0, 0.05) is 26.6 Å². The molecule has 2 heterocycles. The molecule has 3 heteroatoms. The molecule has 0 N–H and O–H groups in total. The van der Waals surface area contributed by atoms with Crippen LogP contribution in [0.4, 0.5) is 0 Å². The van der Waals surface area contributed by atoms with Crippen molar-refractivity contribution in [3.63, 3.8) is 0 Å². The van der Waals surface area contributed by atoms with E-state index in [4.69, 9.17) is 9.97 Å². The highest BCUT2D eigenvalue weighted by Crippen LogP contribution is 2.40. The number of hydrogen-bond acceptors (Lipinski definition) is 3. The van der Waals surface area contributed by atoms with E-state index >= 15 is 0 Å². The zero-order valence-corrected chi connectivity index (χ0v) is 30.7. The van der Waals surface area contributed by atoms with E-state index in [0.29, 0.717) is 0 Å². The summed E-state index contributed by atoms with van der Waals surface area (Å²) in [4.78, 5) is 11.3. The maximum atomic E-state index is 5.19. The van der Waals surface area contributed by atoms with Gasteiger partial charge in [-0.05, 0) is 92.0 Å². The third kappa shape index (κ3) is 6.41. The first-order valence-electron chi connectivity index (χ1n) is 18.6. The summed E-state index contributed by atoms with van der Waals surface area (Å²) in [5.41, 5.74) is 15.0. The molecule has 10 aromatic rings. The van der Waals surface area contributed by atoms with Gasteiger partial charge in [-0.3, -0.25) is 0 Å². The molecule has 0 radical (unpaired) electrons. The molecule has 2 aromatic heterocycles. The minimum Gasteiger partial charge on any atom is -0.227 e. The largest absolute Gasteiger partial charge is 0.227 e. The first-order valence-corrected chi connectivity index (χ1v) is 19.4. The lowest BCUT2D eigenvalue weighted by Gasteiger charge is -2.13. The zero-order valence-electron chi connectivity index (χ0n) is 29.9. The van der Waals surface area contributed by atoms with Crippen molar-refractivity contribution in [2.45, 2.75) is 0 Å². The number of rotatable bonds is 7. The molecule has 0 saturated carbocycles. The van der Waals surface area contributed by atoms with E-state index in [-0.39, 0.29) is 0 Å². The van der Waals surface area contributed by atoms with Crippen LogP contribution in [0, 0.1) is 0 Å². The van der Waals surface area contributed by atoms with Crippen LogP contribution in [0.3, 0.4) is 0 Å². The summed E-state index contributed by atoms with van der Waals surface area (Å²) >= 11 is 1.73. The van der Waals surface area contributed by atoms with Crippen LogP contribution in [0.5, 0.6) is 0 Å². The standard InChI is InChI=1S/C52H34N2S/c1-4-14-35(15-5-1)44-32-45(36-16-6-2-7-17-36)34-46(33-44)43-23-13-22-42(31-43)41-21-12-20-40(30-41)37-26-28-39(29-27-37)51-53-50(38-18-8-3-9-19-38)49-47-24-10-11-25-48(47)55-52(49)54-51/h1-34H. The Morgan fingerprint density at radius 1 is 0.291 bits per heavy atom. The van der Waals surface area contributed by atoms with Crippen molar-refractivity contribution in [3.8, 4) is 78.3 Å². The topological polar surface area (TPSA) is 25.8 Å². The second-order valence-corrected chi connectivity index (χ2v) is 14.8. The molecule has 55 heavy (non-hydrogen) atoms. The van der Waals surface area contributed by atoms with Gasteiger partial charge < -0.3 is 0 Å². The van der Waals surface area contributed by atoms with Crippen LogP contribution >= 0.6 is 11.3 Å². The van der Waals surface area contributed by atoms with Crippen molar-refractivity contribution < 1.29 is 0 Å². The number of nitrogens with zero attached hydrogens (tertiary/aromatic N) is 2. The molecule has 0 saturated heterocycles. The summed E-state index contributed by atoms with van der Waals surface area (Å²) in [5, 5.41) is 2.32. The van der Waals surface area contributed by atoms with Gasteiger partial charge in [-0.1, -0.05) is 170 Å². The van der Waals surface area contributed by atoms with Gasteiger partial charge in [-0.2, -0.15) is 0 Å². The molecular formula is C52H34N2S. The molecule has 258 valence electrons. The lowest BCUT2D eigenvalue weighted by Crippen LogP contribution is -1.93. The lowest BCUT2D eigenvalue weighted by molar-refractivity contribution is 1.24. The van der Waals surface area contributed by atoms with E-state index in [0.717, 1.165) is 44.0 Å².